The average molecular weight is 332 g/mol. The molecule has 130 valence electrons. The van der Waals surface area contributed by atoms with Crippen LogP contribution in [0.5, 0.6) is 0 Å². The van der Waals surface area contributed by atoms with Crippen molar-refractivity contribution >= 4 is 17.7 Å². The number of esters is 2. The Morgan fingerprint density at radius 1 is 1.29 bits per heavy atom. The molecule has 0 spiro atoms. The highest BCUT2D eigenvalue weighted by molar-refractivity contribution is 6.04. The lowest BCUT2D eigenvalue weighted by Crippen LogP contribution is -2.51. The van der Waals surface area contributed by atoms with Crippen molar-refractivity contribution in [2.24, 2.45) is 16.7 Å². The van der Waals surface area contributed by atoms with Crippen molar-refractivity contribution in [3.05, 3.63) is 12.2 Å². The summed E-state index contributed by atoms with van der Waals surface area (Å²) in [5, 5.41) is 0. The second-order valence-corrected chi connectivity index (χ2v) is 6.41. The third-order valence-corrected chi connectivity index (χ3v) is 5.37. The number of ketones is 1. The Morgan fingerprint density at radius 2 is 1.88 bits per heavy atom. The van der Waals surface area contributed by atoms with Crippen molar-refractivity contribution in [3.8, 4) is 12.3 Å². The summed E-state index contributed by atoms with van der Waals surface area (Å²) in [6, 6.07) is 0. The van der Waals surface area contributed by atoms with Crippen LogP contribution in [0.1, 0.15) is 46.0 Å². The molecule has 2 aliphatic rings. The number of rotatable bonds is 5. The van der Waals surface area contributed by atoms with E-state index in [9.17, 15) is 14.4 Å². The van der Waals surface area contributed by atoms with Gasteiger partial charge in [-0.2, -0.15) is 0 Å². The minimum Gasteiger partial charge on any atom is -0.465 e. The van der Waals surface area contributed by atoms with Crippen LogP contribution < -0.4 is 0 Å². The Kier molecular flexibility index (Phi) is 5.17. The van der Waals surface area contributed by atoms with Gasteiger partial charge in [-0.05, 0) is 33.1 Å². The molecule has 0 heterocycles. The first-order valence-corrected chi connectivity index (χ1v) is 8.41. The normalized spacial score (nSPS) is 28.0. The first kappa shape index (κ1) is 18.3. The number of hydrogen-bond donors (Lipinski definition) is 0. The summed E-state index contributed by atoms with van der Waals surface area (Å²) in [5.74, 6) is 0.704. The SMILES string of the molecule is C#CCC12C(=C)CC(C(=O)OCC)(C(=O)OCC)C1CCCC2=O. The van der Waals surface area contributed by atoms with E-state index in [1.165, 1.54) is 0 Å². The van der Waals surface area contributed by atoms with Gasteiger partial charge in [0, 0.05) is 18.8 Å². The summed E-state index contributed by atoms with van der Waals surface area (Å²) in [6.45, 7) is 7.69. The Balaban J connectivity index is 2.62. The van der Waals surface area contributed by atoms with Crippen molar-refractivity contribution in [3.63, 3.8) is 0 Å². The molecular formula is C19H24O5. The smallest absolute Gasteiger partial charge is 0.324 e. The molecule has 0 radical (unpaired) electrons. The summed E-state index contributed by atoms with van der Waals surface area (Å²) >= 11 is 0. The zero-order valence-electron chi connectivity index (χ0n) is 14.4. The predicted octanol–water partition coefficient (Wildman–Crippen LogP) is 2.44. The Hall–Kier alpha value is -2.09. The van der Waals surface area contributed by atoms with Crippen LogP contribution in [0.25, 0.3) is 0 Å². The van der Waals surface area contributed by atoms with Gasteiger partial charge in [-0.1, -0.05) is 12.2 Å². The molecule has 2 saturated carbocycles. The van der Waals surface area contributed by atoms with Crippen LogP contribution in [0.3, 0.4) is 0 Å². The van der Waals surface area contributed by atoms with Crippen LogP contribution in [-0.4, -0.2) is 30.9 Å². The molecule has 0 saturated heterocycles. The summed E-state index contributed by atoms with van der Waals surface area (Å²) in [5.41, 5.74) is -1.99. The first-order valence-electron chi connectivity index (χ1n) is 8.41. The van der Waals surface area contributed by atoms with Crippen molar-refractivity contribution < 1.29 is 23.9 Å². The molecule has 2 aliphatic carbocycles. The maximum atomic E-state index is 12.8. The molecule has 2 unspecified atom stereocenters. The van der Waals surface area contributed by atoms with Gasteiger partial charge in [0.1, 0.15) is 5.78 Å². The fourth-order valence-corrected chi connectivity index (χ4v) is 4.40. The summed E-state index contributed by atoms with van der Waals surface area (Å²) < 4.78 is 10.4. The van der Waals surface area contributed by atoms with Crippen molar-refractivity contribution in [2.75, 3.05) is 13.2 Å². The van der Waals surface area contributed by atoms with Crippen LogP contribution in [0.15, 0.2) is 12.2 Å². The summed E-state index contributed by atoms with van der Waals surface area (Å²) in [7, 11) is 0. The van der Waals surface area contributed by atoms with Crippen LogP contribution in [0.4, 0.5) is 0 Å². The van der Waals surface area contributed by atoms with Gasteiger partial charge in [0.25, 0.3) is 0 Å². The number of carbonyl (C=O) groups excluding carboxylic acids is 3. The number of allylic oxidation sites excluding steroid dienone is 1. The highest BCUT2D eigenvalue weighted by Crippen LogP contribution is 2.63. The molecule has 0 aromatic carbocycles. The van der Waals surface area contributed by atoms with E-state index in [0.29, 0.717) is 24.8 Å². The minimum absolute atomic E-state index is 0.0304. The fourth-order valence-electron chi connectivity index (χ4n) is 4.40. The largest absolute Gasteiger partial charge is 0.465 e. The van der Waals surface area contributed by atoms with E-state index < -0.39 is 28.7 Å². The van der Waals surface area contributed by atoms with Gasteiger partial charge < -0.3 is 9.47 Å². The van der Waals surface area contributed by atoms with E-state index in [2.05, 4.69) is 12.5 Å². The monoisotopic (exact) mass is 332 g/mol. The van der Waals surface area contributed by atoms with E-state index in [1.807, 2.05) is 0 Å². The topological polar surface area (TPSA) is 69.7 Å². The zero-order chi connectivity index (χ0) is 18.0. The number of hydrogen-bond acceptors (Lipinski definition) is 5. The molecule has 0 amide bonds. The van der Waals surface area contributed by atoms with Gasteiger partial charge in [-0.3, -0.25) is 14.4 Å². The molecule has 0 N–H and O–H groups in total. The highest BCUT2D eigenvalue weighted by Gasteiger charge is 2.70. The zero-order valence-corrected chi connectivity index (χ0v) is 14.4. The molecule has 0 bridgehead atoms. The van der Waals surface area contributed by atoms with E-state index in [-0.39, 0.29) is 31.8 Å². The third kappa shape index (κ3) is 2.36. The maximum absolute atomic E-state index is 12.8. The van der Waals surface area contributed by atoms with Gasteiger partial charge in [-0.25, -0.2) is 0 Å². The molecule has 0 aliphatic heterocycles. The predicted molar refractivity (Wildman–Crippen MR) is 87.7 cm³/mol. The number of fused-ring (bicyclic) bond motifs is 1. The molecule has 2 fully saturated rings. The molecule has 0 aromatic heterocycles. The van der Waals surface area contributed by atoms with Crippen LogP contribution in [0, 0.1) is 29.1 Å². The van der Waals surface area contributed by atoms with Crippen molar-refractivity contribution in [1.29, 1.82) is 0 Å². The molecule has 2 atom stereocenters. The number of ether oxygens (including phenoxy) is 2. The third-order valence-electron chi connectivity index (χ3n) is 5.37. The summed E-state index contributed by atoms with van der Waals surface area (Å²) in [6.07, 6.45) is 7.27. The van der Waals surface area contributed by atoms with Crippen LogP contribution in [-0.2, 0) is 23.9 Å². The highest BCUT2D eigenvalue weighted by atomic mass is 16.6. The number of Topliss-reactive ketones (excluding diaryl/α,β-unsaturated/α-hetero) is 1. The van der Waals surface area contributed by atoms with E-state index in [1.54, 1.807) is 13.8 Å². The Labute approximate surface area is 142 Å². The quantitative estimate of drug-likeness (QED) is 0.335. The first-order chi connectivity index (χ1) is 11.4. The number of terminal acetylenes is 1. The van der Waals surface area contributed by atoms with Crippen LogP contribution in [0.2, 0.25) is 0 Å². The Morgan fingerprint density at radius 3 is 2.38 bits per heavy atom. The van der Waals surface area contributed by atoms with Crippen LogP contribution >= 0.6 is 0 Å². The van der Waals surface area contributed by atoms with E-state index in [0.717, 1.165) is 0 Å². The average Bonchev–Trinajstić information content (AvgIpc) is 2.80. The second-order valence-electron chi connectivity index (χ2n) is 6.41. The maximum Gasteiger partial charge on any atom is 0.324 e. The fraction of sp³-hybridized carbons (Fsp3) is 0.632. The lowest BCUT2D eigenvalue weighted by Gasteiger charge is -2.41. The molecular weight excluding hydrogens is 308 g/mol. The molecule has 2 rings (SSSR count). The van der Waals surface area contributed by atoms with Gasteiger partial charge in [0.15, 0.2) is 5.41 Å². The minimum atomic E-state index is -1.52. The Bertz CT molecular complexity index is 594. The summed E-state index contributed by atoms with van der Waals surface area (Å²) in [4.78, 5) is 38.4. The lowest BCUT2D eigenvalue weighted by molar-refractivity contribution is -0.178. The van der Waals surface area contributed by atoms with Gasteiger partial charge in [-0.15, -0.1) is 12.3 Å². The second kappa shape index (κ2) is 6.80. The standard InChI is InChI=1S/C19H24O5/c1-5-11-18-13(4)12-19(16(21)23-6-2,17(22)24-7-3)14(18)9-8-10-15(18)20/h1,14H,4,6-12H2,2-3H3. The molecule has 5 heteroatoms. The van der Waals surface area contributed by atoms with Gasteiger partial charge in [0.2, 0.25) is 0 Å². The lowest BCUT2D eigenvalue weighted by atomic mass is 9.59. The van der Waals surface area contributed by atoms with E-state index in [4.69, 9.17) is 15.9 Å². The van der Waals surface area contributed by atoms with Crippen molar-refractivity contribution in [2.45, 2.75) is 46.0 Å². The molecule has 24 heavy (non-hydrogen) atoms. The molecule has 0 aromatic rings. The van der Waals surface area contributed by atoms with E-state index >= 15 is 0 Å². The van der Waals surface area contributed by atoms with Crippen molar-refractivity contribution in [1.82, 2.24) is 0 Å². The number of carbonyl (C=O) groups is 3. The molecule has 5 nitrogen and oxygen atoms in total. The van der Waals surface area contributed by atoms with Gasteiger partial charge >= 0.3 is 11.9 Å². The van der Waals surface area contributed by atoms with Gasteiger partial charge in [0.05, 0.1) is 18.6 Å².